The Morgan fingerprint density at radius 3 is 2.56 bits per heavy atom. The largest absolute Gasteiger partial charge is 0.389 e. The first-order valence-corrected chi connectivity index (χ1v) is 6.53. The number of hydrogen-bond donors (Lipinski definition) is 1. The third-order valence-electron chi connectivity index (χ3n) is 4.57. The SMILES string of the molecule is CC1=C[C@@H]2[C@@H](C(C)C)CC=C(C)[C@@H]2C[C@H]1O. The first-order valence-electron chi connectivity index (χ1n) is 6.53. The zero-order chi connectivity index (χ0) is 11.9. The lowest BCUT2D eigenvalue weighted by molar-refractivity contribution is 0.124. The van der Waals surface area contributed by atoms with Gasteiger partial charge in [-0.15, -0.1) is 0 Å². The predicted molar refractivity (Wildman–Crippen MR) is 68.1 cm³/mol. The lowest BCUT2D eigenvalue weighted by Crippen LogP contribution is -2.35. The van der Waals surface area contributed by atoms with Gasteiger partial charge in [0.25, 0.3) is 0 Å². The second-order valence-corrected chi connectivity index (χ2v) is 5.94. The van der Waals surface area contributed by atoms with E-state index in [1.165, 1.54) is 17.6 Å². The number of rotatable bonds is 1. The van der Waals surface area contributed by atoms with Crippen LogP contribution in [0.15, 0.2) is 23.3 Å². The third kappa shape index (κ3) is 1.98. The van der Waals surface area contributed by atoms with Crippen molar-refractivity contribution in [3.8, 4) is 0 Å². The molecule has 16 heavy (non-hydrogen) atoms. The summed E-state index contributed by atoms with van der Waals surface area (Å²) < 4.78 is 0. The molecule has 90 valence electrons. The lowest BCUT2D eigenvalue weighted by atomic mass is 9.63. The Hall–Kier alpha value is -0.560. The van der Waals surface area contributed by atoms with E-state index in [1.54, 1.807) is 0 Å². The Labute approximate surface area is 99.3 Å². The number of aliphatic hydroxyl groups excluding tert-OH is 1. The average Bonchev–Trinajstić information content (AvgIpc) is 2.21. The Kier molecular flexibility index (Phi) is 3.25. The molecule has 0 saturated heterocycles. The predicted octanol–water partition coefficient (Wildman–Crippen LogP) is 3.55. The van der Waals surface area contributed by atoms with Crippen molar-refractivity contribution >= 4 is 0 Å². The molecule has 2 rings (SSSR count). The fourth-order valence-corrected chi connectivity index (χ4v) is 3.37. The molecule has 1 nitrogen and oxygen atoms in total. The Morgan fingerprint density at radius 1 is 1.25 bits per heavy atom. The Morgan fingerprint density at radius 2 is 1.94 bits per heavy atom. The van der Waals surface area contributed by atoms with Crippen LogP contribution in [-0.2, 0) is 0 Å². The van der Waals surface area contributed by atoms with Crippen molar-refractivity contribution in [1.82, 2.24) is 0 Å². The van der Waals surface area contributed by atoms with Crippen LogP contribution in [0.4, 0.5) is 0 Å². The van der Waals surface area contributed by atoms with Crippen LogP contribution >= 0.6 is 0 Å². The standard InChI is InChI=1S/C15H24O/c1-9(2)12-6-5-10(3)13-8-15(16)11(4)7-14(12)13/h5,7,9,12-16H,6,8H2,1-4H3/t12-,13+,14-,15-/m1/s1. The van der Waals surface area contributed by atoms with Gasteiger partial charge in [0, 0.05) is 0 Å². The van der Waals surface area contributed by atoms with Gasteiger partial charge in [-0.25, -0.2) is 0 Å². The maximum absolute atomic E-state index is 9.96. The molecule has 1 heteroatoms. The summed E-state index contributed by atoms with van der Waals surface area (Å²) >= 11 is 0. The van der Waals surface area contributed by atoms with Crippen LogP contribution in [0.25, 0.3) is 0 Å². The number of aliphatic hydroxyl groups is 1. The van der Waals surface area contributed by atoms with E-state index in [9.17, 15) is 5.11 Å². The summed E-state index contributed by atoms with van der Waals surface area (Å²) in [6, 6.07) is 0. The van der Waals surface area contributed by atoms with Crippen LogP contribution in [0, 0.1) is 23.7 Å². The van der Waals surface area contributed by atoms with Crippen molar-refractivity contribution in [1.29, 1.82) is 0 Å². The van der Waals surface area contributed by atoms with Crippen molar-refractivity contribution in [3.05, 3.63) is 23.3 Å². The van der Waals surface area contributed by atoms with E-state index in [2.05, 4.69) is 39.8 Å². The zero-order valence-electron chi connectivity index (χ0n) is 10.9. The van der Waals surface area contributed by atoms with Crippen LogP contribution < -0.4 is 0 Å². The highest BCUT2D eigenvalue weighted by atomic mass is 16.3. The molecular weight excluding hydrogens is 196 g/mol. The number of hydrogen-bond acceptors (Lipinski definition) is 1. The van der Waals surface area contributed by atoms with Gasteiger partial charge in [-0.3, -0.25) is 0 Å². The number of allylic oxidation sites excluding steroid dienone is 3. The smallest absolute Gasteiger partial charge is 0.0753 e. The summed E-state index contributed by atoms with van der Waals surface area (Å²) in [7, 11) is 0. The molecule has 0 aromatic carbocycles. The average molecular weight is 220 g/mol. The molecule has 0 unspecified atom stereocenters. The summed E-state index contributed by atoms with van der Waals surface area (Å²) in [5.41, 5.74) is 2.67. The molecular formula is C15H24O. The summed E-state index contributed by atoms with van der Waals surface area (Å²) in [5.74, 6) is 2.74. The molecule has 0 bridgehead atoms. The molecule has 0 aromatic heterocycles. The van der Waals surface area contributed by atoms with Crippen molar-refractivity contribution in [2.45, 2.75) is 46.6 Å². The zero-order valence-corrected chi connectivity index (χ0v) is 10.9. The highest BCUT2D eigenvalue weighted by molar-refractivity contribution is 5.23. The van der Waals surface area contributed by atoms with Gasteiger partial charge in [0.05, 0.1) is 6.10 Å². The first-order chi connectivity index (χ1) is 7.50. The molecule has 0 radical (unpaired) electrons. The van der Waals surface area contributed by atoms with Gasteiger partial charge in [-0.05, 0) is 55.9 Å². The molecule has 0 aliphatic heterocycles. The van der Waals surface area contributed by atoms with Crippen molar-refractivity contribution in [2.24, 2.45) is 23.7 Å². The molecule has 1 N–H and O–H groups in total. The van der Waals surface area contributed by atoms with Gasteiger partial charge in [0.15, 0.2) is 0 Å². The molecule has 0 amide bonds. The second kappa shape index (κ2) is 4.37. The quantitative estimate of drug-likeness (QED) is 0.670. The van der Waals surface area contributed by atoms with E-state index >= 15 is 0 Å². The van der Waals surface area contributed by atoms with Gasteiger partial charge >= 0.3 is 0 Å². The Balaban J connectivity index is 2.31. The summed E-state index contributed by atoms with van der Waals surface area (Å²) in [5, 5.41) is 9.96. The van der Waals surface area contributed by atoms with Crippen LogP contribution in [0.3, 0.4) is 0 Å². The summed E-state index contributed by atoms with van der Waals surface area (Å²) in [4.78, 5) is 0. The van der Waals surface area contributed by atoms with E-state index in [4.69, 9.17) is 0 Å². The fourth-order valence-electron chi connectivity index (χ4n) is 3.37. The van der Waals surface area contributed by atoms with E-state index < -0.39 is 0 Å². The van der Waals surface area contributed by atoms with Crippen molar-refractivity contribution in [2.75, 3.05) is 0 Å². The summed E-state index contributed by atoms with van der Waals surface area (Å²) in [6.07, 6.45) is 6.67. The minimum absolute atomic E-state index is 0.212. The molecule has 0 fully saturated rings. The molecule has 0 heterocycles. The molecule has 0 spiro atoms. The van der Waals surface area contributed by atoms with Crippen molar-refractivity contribution in [3.63, 3.8) is 0 Å². The van der Waals surface area contributed by atoms with Gasteiger partial charge < -0.3 is 5.11 Å². The maximum Gasteiger partial charge on any atom is 0.0753 e. The highest BCUT2D eigenvalue weighted by Gasteiger charge is 2.37. The van der Waals surface area contributed by atoms with Crippen LogP contribution in [-0.4, -0.2) is 11.2 Å². The minimum Gasteiger partial charge on any atom is -0.389 e. The molecule has 4 atom stereocenters. The number of fused-ring (bicyclic) bond motifs is 1. The van der Waals surface area contributed by atoms with E-state index in [0.29, 0.717) is 11.8 Å². The van der Waals surface area contributed by atoms with Gasteiger partial charge in [0.1, 0.15) is 0 Å². The van der Waals surface area contributed by atoms with Gasteiger partial charge in [0.2, 0.25) is 0 Å². The first kappa shape index (κ1) is 11.9. The Bertz CT molecular complexity index is 324. The van der Waals surface area contributed by atoms with Crippen LogP contribution in [0.2, 0.25) is 0 Å². The molecule has 0 saturated carbocycles. The second-order valence-electron chi connectivity index (χ2n) is 5.94. The fraction of sp³-hybridized carbons (Fsp3) is 0.733. The minimum atomic E-state index is -0.212. The van der Waals surface area contributed by atoms with Gasteiger partial charge in [-0.1, -0.05) is 31.6 Å². The van der Waals surface area contributed by atoms with E-state index in [-0.39, 0.29) is 6.10 Å². The molecule has 2 aliphatic carbocycles. The van der Waals surface area contributed by atoms with Crippen LogP contribution in [0.5, 0.6) is 0 Å². The molecule has 0 aromatic rings. The van der Waals surface area contributed by atoms with Crippen LogP contribution in [0.1, 0.15) is 40.5 Å². The summed E-state index contributed by atoms with van der Waals surface area (Å²) in [6.45, 7) is 8.95. The normalized spacial score (nSPS) is 39.1. The third-order valence-corrected chi connectivity index (χ3v) is 4.57. The van der Waals surface area contributed by atoms with Gasteiger partial charge in [-0.2, -0.15) is 0 Å². The monoisotopic (exact) mass is 220 g/mol. The van der Waals surface area contributed by atoms with E-state index in [0.717, 1.165) is 18.3 Å². The van der Waals surface area contributed by atoms with E-state index in [1.807, 2.05) is 0 Å². The van der Waals surface area contributed by atoms with Crippen molar-refractivity contribution < 1.29 is 5.11 Å². The maximum atomic E-state index is 9.96. The lowest BCUT2D eigenvalue weighted by Gasteiger charge is -2.42. The molecule has 2 aliphatic rings. The topological polar surface area (TPSA) is 20.2 Å². The highest BCUT2D eigenvalue weighted by Crippen LogP contribution is 2.45.